The molecule has 1 rings (SSSR count). The van der Waals surface area contributed by atoms with Gasteiger partial charge < -0.3 is 5.32 Å². The Balaban J connectivity index is 0.000000640. The number of rotatable bonds is 1. The van der Waals surface area contributed by atoms with Gasteiger partial charge >= 0.3 is 18.9 Å². The van der Waals surface area contributed by atoms with Crippen molar-refractivity contribution in [2.75, 3.05) is 12.4 Å². The van der Waals surface area contributed by atoms with Crippen LogP contribution in [0.5, 0.6) is 0 Å². The first-order valence-corrected chi connectivity index (χ1v) is 2.66. The Morgan fingerprint density at radius 3 is 2.00 bits per heavy atom. The maximum atomic E-state index is 3.03. The van der Waals surface area contributed by atoms with E-state index >= 15 is 0 Å². The molecule has 0 fully saturated rings. The van der Waals surface area contributed by atoms with Gasteiger partial charge in [0.2, 0.25) is 0 Å². The number of nitrogens with one attached hydrogen (secondary N) is 1. The molecule has 1 N–H and O–H groups in total. The van der Waals surface area contributed by atoms with Gasteiger partial charge in [0.1, 0.15) is 0 Å². The van der Waals surface area contributed by atoms with E-state index < -0.39 is 0 Å². The van der Waals surface area contributed by atoms with Crippen molar-refractivity contribution >= 4 is 24.5 Å². The first-order valence-electron chi connectivity index (χ1n) is 2.66. The van der Waals surface area contributed by atoms with Crippen LogP contribution in [-0.2, 0) is 0 Å². The van der Waals surface area contributed by atoms with E-state index in [0.717, 1.165) is 5.69 Å². The Hall–Kier alpha value is -0.383. The standard InChI is InChI=1S/C7H9N.Li.H/c1-8-7-5-3-2-4-6-7;;/h2-6,8H,1H3;;. The summed E-state index contributed by atoms with van der Waals surface area (Å²) in [5.74, 6) is 0. The number of benzene rings is 1. The van der Waals surface area contributed by atoms with Gasteiger partial charge in [-0.1, -0.05) is 18.2 Å². The van der Waals surface area contributed by atoms with Crippen LogP contribution in [0.3, 0.4) is 0 Å². The molecule has 0 amide bonds. The van der Waals surface area contributed by atoms with Crippen molar-refractivity contribution in [3.05, 3.63) is 30.3 Å². The van der Waals surface area contributed by atoms with Crippen LogP contribution >= 0.6 is 0 Å². The Morgan fingerprint density at radius 2 is 1.67 bits per heavy atom. The van der Waals surface area contributed by atoms with Gasteiger partial charge in [0.05, 0.1) is 0 Å². The number of hydrogen-bond acceptors (Lipinski definition) is 1. The van der Waals surface area contributed by atoms with E-state index in [1.165, 1.54) is 0 Å². The first kappa shape index (κ1) is 8.62. The summed E-state index contributed by atoms with van der Waals surface area (Å²) in [4.78, 5) is 0. The van der Waals surface area contributed by atoms with Crippen LogP contribution in [0, 0.1) is 0 Å². The molecular formula is C7H10LiN. The predicted molar refractivity (Wildman–Crippen MR) is 43.1 cm³/mol. The molecule has 2 heteroatoms. The van der Waals surface area contributed by atoms with Gasteiger partial charge in [-0.15, -0.1) is 0 Å². The Labute approximate surface area is 67.6 Å². The van der Waals surface area contributed by atoms with Crippen molar-refractivity contribution in [2.45, 2.75) is 0 Å². The van der Waals surface area contributed by atoms with Crippen LogP contribution in [0.15, 0.2) is 30.3 Å². The van der Waals surface area contributed by atoms with E-state index in [4.69, 9.17) is 0 Å². The van der Waals surface area contributed by atoms with Gasteiger partial charge in [-0.05, 0) is 12.1 Å². The molecule has 0 spiro atoms. The molecule has 44 valence electrons. The normalized spacial score (nSPS) is 7.67. The van der Waals surface area contributed by atoms with Gasteiger partial charge in [-0.3, -0.25) is 0 Å². The Morgan fingerprint density at radius 1 is 1.11 bits per heavy atom. The molecule has 1 aromatic rings. The molecule has 9 heavy (non-hydrogen) atoms. The Bertz CT molecular complexity index is 150. The van der Waals surface area contributed by atoms with Crippen LogP contribution in [0.2, 0.25) is 0 Å². The van der Waals surface area contributed by atoms with Crippen LogP contribution in [0.1, 0.15) is 0 Å². The molecule has 0 saturated heterocycles. The zero-order valence-corrected chi connectivity index (χ0v) is 4.89. The van der Waals surface area contributed by atoms with E-state index in [-0.39, 0.29) is 18.9 Å². The monoisotopic (exact) mass is 115 g/mol. The molecule has 0 heterocycles. The molecule has 0 bridgehead atoms. The second-order valence-electron chi connectivity index (χ2n) is 1.62. The first-order chi connectivity index (χ1) is 3.93. The topological polar surface area (TPSA) is 12.0 Å². The predicted octanol–water partition coefficient (Wildman–Crippen LogP) is 1.08. The van der Waals surface area contributed by atoms with Crippen LogP contribution in [-0.4, -0.2) is 25.9 Å². The van der Waals surface area contributed by atoms with Gasteiger partial charge in [-0.25, -0.2) is 0 Å². The molecule has 0 aromatic heterocycles. The fourth-order valence-corrected chi connectivity index (χ4v) is 0.605. The maximum absolute atomic E-state index is 3.03. The molecule has 0 radical (unpaired) electrons. The molecule has 0 unspecified atom stereocenters. The van der Waals surface area contributed by atoms with Crippen molar-refractivity contribution in [1.82, 2.24) is 0 Å². The summed E-state index contributed by atoms with van der Waals surface area (Å²) < 4.78 is 0. The number of para-hydroxylation sites is 1. The van der Waals surface area contributed by atoms with Crippen molar-refractivity contribution < 1.29 is 0 Å². The van der Waals surface area contributed by atoms with Crippen molar-refractivity contribution in [3.63, 3.8) is 0 Å². The van der Waals surface area contributed by atoms with Crippen LogP contribution in [0.25, 0.3) is 0 Å². The fourth-order valence-electron chi connectivity index (χ4n) is 0.605. The molecule has 0 atom stereocenters. The summed E-state index contributed by atoms with van der Waals surface area (Å²) in [5.41, 5.74) is 1.16. The van der Waals surface area contributed by atoms with Crippen LogP contribution < -0.4 is 5.32 Å². The molecule has 1 nitrogen and oxygen atoms in total. The average molecular weight is 115 g/mol. The van der Waals surface area contributed by atoms with E-state index in [2.05, 4.69) is 5.32 Å². The van der Waals surface area contributed by atoms with E-state index in [0.29, 0.717) is 0 Å². The summed E-state index contributed by atoms with van der Waals surface area (Å²) in [6.45, 7) is 0. The number of anilines is 1. The quantitative estimate of drug-likeness (QED) is 0.540. The zero-order valence-electron chi connectivity index (χ0n) is 4.89. The van der Waals surface area contributed by atoms with E-state index in [9.17, 15) is 0 Å². The summed E-state index contributed by atoms with van der Waals surface area (Å²) in [7, 11) is 1.91. The van der Waals surface area contributed by atoms with Gasteiger partial charge in [-0.2, -0.15) is 0 Å². The van der Waals surface area contributed by atoms with Crippen molar-refractivity contribution in [2.24, 2.45) is 0 Å². The molecule has 0 aliphatic carbocycles. The third-order valence-corrected chi connectivity index (χ3v) is 1.06. The number of hydrogen-bond donors (Lipinski definition) is 1. The third-order valence-electron chi connectivity index (χ3n) is 1.06. The van der Waals surface area contributed by atoms with Crippen molar-refractivity contribution in [3.8, 4) is 0 Å². The van der Waals surface area contributed by atoms with Crippen LogP contribution in [0.4, 0.5) is 5.69 Å². The second-order valence-corrected chi connectivity index (χ2v) is 1.62. The van der Waals surface area contributed by atoms with Gasteiger partial charge in [0.15, 0.2) is 0 Å². The second kappa shape index (κ2) is 4.49. The summed E-state index contributed by atoms with van der Waals surface area (Å²) >= 11 is 0. The molecule has 0 saturated carbocycles. The summed E-state index contributed by atoms with van der Waals surface area (Å²) in [5, 5.41) is 3.03. The molecule has 1 aromatic carbocycles. The SMILES string of the molecule is CNc1ccccc1.[LiH]. The van der Waals surface area contributed by atoms with Gasteiger partial charge in [0, 0.05) is 12.7 Å². The van der Waals surface area contributed by atoms with E-state index in [1.54, 1.807) is 0 Å². The fraction of sp³-hybridized carbons (Fsp3) is 0.143. The van der Waals surface area contributed by atoms with E-state index in [1.807, 2.05) is 37.4 Å². The van der Waals surface area contributed by atoms with Gasteiger partial charge in [0.25, 0.3) is 0 Å². The molecule has 0 aliphatic rings. The Kier molecular flexibility index (Phi) is 4.30. The summed E-state index contributed by atoms with van der Waals surface area (Å²) in [6.07, 6.45) is 0. The molecule has 0 aliphatic heterocycles. The minimum absolute atomic E-state index is 0. The summed E-state index contributed by atoms with van der Waals surface area (Å²) in [6, 6.07) is 10.1. The minimum atomic E-state index is 0. The zero-order chi connectivity index (χ0) is 5.82. The third kappa shape index (κ3) is 2.60. The average Bonchev–Trinajstić information content (AvgIpc) is 1.90. The van der Waals surface area contributed by atoms with Crippen molar-refractivity contribution in [1.29, 1.82) is 0 Å². The molecular weight excluding hydrogens is 105 g/mol.